The van der Waals surface area contributed by atoms with E-state index in [1.807, 2.05) is 6.92 Å². The molecule has 76 valence electrons. The van der Waals surface area contributed by atoms with Gasteiger partial charge in [0.25, 0.3) is 0 Å². The third kappa shape index (κ3) is 3.01. The number of amides is 1. The number of nitrogens with two attached hydrogens (primary N) is 1. The Bertz CT molecular complexity index is 310. The van der Waals surface area contributed by atoms with Gasteiger partial charge < -0.3 is 11.1 Å². The van der Waals surface area contributed by atoms with E-state index >= 15 is 0 Å². The first-order valence-corrected chi connectivity index (χ1v) is 4.83. The Labute approximate surface area is 88.2 Å². The Hall–Kier alpha value is -1.06. The van der Waals surface area contributed by atoms with Gasteiger partial charge in [0.15, 0.2) is 0 Å². The first-order chi connectivity index (χ1) is 6.63. The fourth-order valence-electron chi connectivity index (χ4n) is 0.954. The van der Waals surface area contributed by atoms with Crippen molar-refractivity contribution in [1.29, 1.82) is 0 Å². The lowest BCUT2D eigenvalue weighted by Crippen LogP contribution is -2.34. The van der Waals surface area contributed by atoms with Gasteiger partial charge in [0, 0.05) is 10.7 Å². The maximum Gasteiger partial charge on any atom is 0.241 e. The molecule has 0 aliphatic heterocycles. The van der Waals surface area contributed by atoms with Crippen LogP contribution in [0.2, 0.25) is 5.02 Å². The molecule has 1 aromatic carbocycles. The number of nitrogens with one attached hydrogen (secondary N) is 1. The highest BCUT2D eigenvalue weighted by atomic mass is 35.5. The van der Waals surface area contributed by atoms with Gasteiger partial charge in [-0.3, -0.25) is 4.79 Å². The summed E-state index contributed by atoms with van der Waals surface area (Å²) in [7, 11) is 0. The lowest BCUT2D eigenvalue weighted by Gasteiger charge is -2.09. The van der Waals surface area contributed by atoms with Gasteiger partial charge in [0.2, 0.25) is 5.91 Å². The van der Waals surface area contributed by atoms with Crippen LogP contribution in [0.3, 0.4) is 0 Å². The summed E-state index contributed by atoms with van der Waals surface area (Å²) in [6.45, 7) is 1.87. The molecular formula is C10H13ClN2O. The van der Waals surface area contributed by atoms with E-state index in [0.29, 0.717) is 17.1 Å². The smallest absolute Gasteiger partial charge is 0.241 e. The minimum atomic E-state index is -0.453. The summed E-state index contributed by atoms with van der Waals surface area (Å²) in [6, 6.07) is 6.46. The van der Waals surface area contributed by atoms with Crippen LogP contribution in [0.4, 0.5) is 5.69 Å². The lowest BCUT2D eigenvalue weighted by molar-refractivity contribution is -0.117. The average Bonchev–Trinajstić information content (AvgIpc) is 2.20. The van der Waals surface area contributed by atoms with Crippen molar-refractivity contribution in [3.05, 3.63) is 29.3 Å². The van der Waals surface area contributed by atoms with Gasteiger partial charge in [-0.15, -0.1) is 0 Å². The Morgan fingerprint density at radius 2 is 2.07 bits per heavy atom. The molecule has 1 aromatic rings. The third-order valence-corrected chi connectivity index (χ3v) is 2.14. The molecule has 3 N–H and O–H groups in total. The second kappa shape index (κ2) is 4.98. The summed E-state index contributed by atoms with van der Waals surface area (Å²) in [6.07, 6.45) is 0.624. The quantitative estimate of drug-likeness (QED) is 0.806. The maximum absolute atomic E-state index is 11.4. The number of hydrogen-bond acceptors (Lipinski definition) is 2. The van der Waals surface area contributed by atoms with Gasteiger partial charge >= 0.3 is 0 Å². The number of benzene rings is 1. The highest BCUT2D eigenvalue weighted by Crippen LogP contribution is 2.13. The van der Waals surface area contributed by atoms with Gasteiger partial charge in [0.1, 0.15) is 0 Å². The van der Waals surface area contributed by atoms with E-state index in [4.69, 9.17) is 17.3 Å². The van der Waals surface area contributed by atoms with Crippen molar-refractivity contribution < 1.29 is 4.79 Å². The molecule has 0 saturated heterocycles. The normalized spacial score (nSPS) is 12.2. The summed E-state index contributed by atoms with van der Waals surface area (Å²) in [4.78, 5) is 11.4. The van der Waals surface area contributed by atoms with Crippen molar-refractivity contribution in [1.82, 2.24) is 0 Å². The van der Waals surface area contributed by atoms with Crippen molar-refractivity contribution in [3.63, 3.8) is 0 Å². The van der Waals surface area contributed by atoms with Crippen molar-refractivity contribution in [2.45, 2.75) is 19.4 Å². The predicted molar refractivity (Wildman–Crippen MR) is 58.3 cm³/mol. The van der Waals surface area contributed by atoms with Crippen LogP contribution in [0.5, 0.6) is 0 Å². The third-order valence-electron chi connectivity index (χ3n) is 1.89. The van der Waals surface area contributed by atoms with Crippen molar-refractivity contribution >= 4 is 23.2 Å². The molecule has 0 aliphatic carbocycles. The topological polar surface area (TPSA) is 55.1 Å². The molecule has 0 unspecified atom stereocenters. The number of carbonyl (C=O) groups is 1. The fourth-order valence-corrected chi connectivity index (χ4v) is 1.08. The van der Waals surface area contributed by atoms with Gasteiger partial charge in [-0.1, -0.05) is 18.5 Å². The monoisotopic (exact) mass is 212 g/mol. The predicted octanol–water partition coefficient (Wildman–Crippen LogP) is 2.02. The first-order valence-electron chi connectivity index (χ1n) is 4.45. The van der Waals surface area contributed by atoms with E-state index in [2.05, 4.69) is 5.32 Å². The molecule has 14 heavy (non-hydrogen) atoms. The molecule has 4 heteroatoms. The SMILES string of the molecule is CC[C@@H](N)C(=O)Nc1ccc(Cl)cc1. The standard InChI is InChI=1S/C10H13ClN2O/c1-2-9(12)10(14)13-8-5-3-7(11)4-6-8/h3-6,9H,2,12H2,1H3,(H,13,14)/t9-/m1/s1. The van der Waals surface area contributed by atoms with Crippen LogP contribution >= 0.6 is 11.6 Å². The fraction of sp³-hybridized carbons (Fsp3) is 0.300. The van der Waals surface area contributed by atoms with E-state index in [1.54, 1.807) is 24.3 Å². The van der Waals surface area contributed by atoms with Crippen molar-refractivity contribution in [2.75, 3.05) is 5.32 Å². The van der Waals surface area contributed by atoms with E-state index in [9.17, 15) is 4.79 Å². The molecule has 0 fully saturated rings. The molecule has 1 amide bonds. The number of hydrogen-bond donors (Lipinski definition) is 2. The molecule has 0 radical (unpaired) electrons. The van der Waals surface area contributed by atoms with Gasteiger partial charge in [-0.25, -0.2) is 0 Å². The first kappa shape index (κ1) is 11.0. The van der Waals surface area contributed by atoms with E-state index in [0.717, 1.165) is 0 Å². The molecule has 0 saturated carbocycles. The van der Waals surface area contributed by atoms with Crippen LogP contribution in [0.1, 0.15) is 13.3 Å². The Kier molecular flexibility index (Phi) is 3.92. The second-order valence-corrected chi connectivity index (χ2v) is 3.45. The summed E-state index contributed by atoms with van der Waals surface area (Å²) in [5, 5.41) is 3.34. The maximum atomic E-state index is 11.4. The molecule has 0 heterocycles. The Balaban J connectivity index is 2.60. The van der Waals surface area contributed by atoms with Crippen LogP contribution in [-0.4, -0.2) is 11.9 Å². The average molecular weight is 213 g/mol. The lowest BCUT2D eigenvalue weighted by atomic mass is 10.2. The van der Waals surface area contributed by atoms with E-state index < -0.39 is 6.04 Å². The Morgan fingerprint density at radius 3 is 2.57 bits per heavy atom. The molecular weight excluding hydrogens is 200 g/mol. The molecule has 3 nitrogen and oxygen atoms in total. The van der Waals surface area contributed by atoms with Crippen LogP contribution in [0, 0.1) is 0 Å². The van der Waals surface area contributed by atoms with Crippen LogP contribution < -0.4 is 11.1 Å². The summed E-state index contributed by atoms with van der Waals surface area (Å²) in [5.74, 6) is -0.171. The number of anilines is 1. The van der Waals surface area contributed by atoms with Crippen LogP contribution in [-0.2, 0) is 4.79 Å². The number of halogens is 1. The van der Waals surface area contributed by atoms with E-state index in [1.165, 1.54) is 0 Å². The highest BCUT2D eigenvalue weighted by molar-refractivity contribution is 6.30. The van der Waals surface area contributed by atoms with Crippen molar-refractivity contribution in [3.8, 4) is 0 Å². The minimum Gasteiger partial charge on any atom is -0.325 e. The van der Waals surface area contributed by atoms with Gasteiger partial charge in [-0.05, 0) is 30.7 Å². The van der Waals surface area contributed by atoms with Gasteiger partial charge in [-0.2, -0.15) is 0 Å². The number of carbonyl (C=O) groups excluding carboxylic acids is 1. The van der Waals surface area contributed by atoms with Crippen LogP contribution in [0.15, 0.2) is 24.3 Å². The molecule has 0 spiro atoms. The molecule has 1 atom stereocenters. The van der Waals surface area contributed by atoms with Gasteiger partial charge in [0.05, 0.1) is 6.04 Å². The van der Waals surface area contributed by atoms with E-state index in [-0.39, 0.29) is 5.91 Å². The Morgan fingerprint density at radius 1 is 1.50 bits per heavy atom. The summed E-state index contributed by atoms with van der Waals surface area (Å²) in [5.41, 5.74) is 6.27. The zero-order valence-electron chi connectivity index (χ0n) is 7.96. The number of rotatable bonds is 3. The largest absolute Gasteiger partial charge is 0.325 e. The molecule has 1 rings (SSSR count). The zero-order valence-corrected chi connectivity index (χ0v) is 8.71. The molecule has 0 aliphatic rings. The van der Waals surface area contributed by atoms with Crippen LogP contribution in [0.25, 0.3) is 0 Å². The van der Waals surface area contributed by atoms with Crippen molar-refractivity contribution in [2.24, 2.45) is 5.73 Å². The summed E-state index contributed by atoms with van der Waals surface area (Å²) < 4.78 is 0. The highest BCUT2D eigenvalue weighted by Gasteiger charge is 2.10. The molecule has 0 bridgehead atoms. The summed E-state index contributed by atoms with van der Waals surface area (Å²) >= 11 is 5.70. The zero-order chi connectivity index (χ0) is 10.6. The second-order valence-electron chi connectivity index (χ2n) is 3.01. The molecule has 0 aromatic heterocycles. The minimum absolute atomic E-state index is 0.171.